The summed E-state index contributed by atoms with van der Waals surface area (Å²) in [6.45, 7) is 3.81. The number of rotatable bonds is 9. The lowest BCUT2D eigenvalue weighted by molar-refractivity contribution is 0.00773. The molecule has 2 aliphatic rings. The van der Waals surface area contributed by atoms with Gasteiger partial charge in [0.25, 0.3) is 0 Å². The van der Waals surface area contributed by atoms with Crippen molar-refractivity contribution in [3.63, 3.8) is 0 Å². The van der Waals surface area contributed by atoms with E-state index in [2.05, 4.69) is 53.1 Å². The van der Waals surface area contributed by atoms with Crippen LogP contribution in [-0.2, 0) is 24.3 Å². The fraction of sp³-hybridized carbons (Fsp3) is 0.321. The van der Waals surface area contributed by atoms with Crippen LogP contribution in [0.3, 0.4) is 0 Å². The first-order valence-corrected chi connectivity index (χ1v) is 11.3. The highest BCUT2D eigenvalue weighted by Gasteiger charge is 2.18. The average Bonchev–Trinajstić information content (AvgIpc) is 2.79. The van der Waals surface area contributed by atoms with Crippen LogP contribution >= 0.6 is 0 Å². The van der Waals surface area contributed by atoms with E-state index in [1.54, 1.807) is 0 Å². The summed E-state index contributed by atoms with van der Waals surface area (Å²) in [5.74, 6) is 0.819. The number of benzene rings is 2. The summed E-state index contributed by atoms with van der Waals surface area (Å²) >= 11 is 0. The third kappa shape index (κ3) is 6.81. The molecule has 0 radical (unpaired) electrons. The molecule has 1 atom stereocenters. The smallest absolute Gasteiger partial charge is 0.120 e. The van der Waals surface area contributed by atoms with Crippen LogP contribution in [0, 0.1) is 0 Å². The maximum Gasteiger partial charge on any atom is 0.120 e. The predicted molar refractivity (Wildman–Crippen MR) is 128 cm³/mol. The van der Waals surface area contributed by atoms with Crippen molar-refractivity contribution < 1.29 is 14.6 Å². The summed E-state index contributed by atoms with van der Waals surface area (Å²) < 4.78 is 11.6. The molecule has 0 spiro atoms. The lowest BCUT2D eigenvalue weighted by atomic mass is 10.00. The molecule has 0 amide bonds. The Balaban J connectivity index is 1.17. The molecule has 166 valence electrons. The van der Waals surface area contributed by atoms with E-state index in [1.807, 2.05) is 36.4 Å². The Bertz CT molecular complexity index is 1000. The van der Waals surface area contributed by atoms with Crippen LogP contribution in [0.2, 0.25) is 0 Å². The van der Waals surface area contributed by atoms with Crippen LogP contribution in [0.25, 0.3) is 0 Å². The molecule has 1 unspecified atom stereocenters. The zero-order valence-electron chi connectivity index (χ0n) is 18.5. The van der Waals surface area contributed by atoms with Crippen molar-refractivity contribution in [2.45, 2.75) is 32.1 Å². The molecule has 2 aromatic rings. The van der Waals surface area contributed by atoms with Crippen molar-refractivity contribution >= 4 is 0 Å². The molecule has 1 aliphatic heterocycles. The zero-order chi connectivity index (χ0) is 22.0. The Kier molecular flexibility index (Phi) is 8.13. The summed E-state index contributed by atoms with van der Waals surface area (Å²) in [6, 6.07) is 16.5. The third-order valence-electron chi connectivity index (χ3n) is 5.67. The fourth-order valence-electron chi connectivity index (χ4n) is 3.95. The van der Waals surface area contributed by atoms with Crippen LogP contribution in [0.15, 0.2) is 90.2 Å². The minimum Gasteiger partial charge on any atom is -0.488 e. The molecule has 4 heteroatoms. The van der Waals surface area contributed by atoms with Gasteiger partial charge in [-0.15, -0.1) is 5.73 Å². The summed E-state index contributed by atoms with van der Waals surface area (Å²) in [7, 11) is 0. The van der Waals surface area contributed by atoms with Gasteiger partial charge in [-0.2, -0.15) is 0 Å². The minimum absolute atomic E-state index is 0.331. The molecule has 0 aromatic heterocycles. The molecule has 32 heavy (non-hydrogen) atoms. The van der Waals surface area contributed by atoms with Crippen LogP contribution in [0.1, 0.15) is 23.1 Å². The van der Waals surface area contributed by atoms with Crippen molar-refractivity contribution in [2.24, 2.45) is 0 Å². The summed E-state index contributed by atoms with van der Waals surface area (Å²) in [4.78, 5) is 2.30. The van der Waals surface area contributed by atoms with E-state index in [0.717, 1.165) is 42.8 Å². The molecule has 1 aliphatic carbocycles. The second-order valence-electron chi connectivity index (χ2n) is 8.26. The van der Waals surface area contributed by atoms with Gasteiger partial charge in [0.15, 0.2) is 0 Å². The largest absolute Gasteiger partial charge is 0.488 e. The fourth-order valence-corrected chi connectivity index (χ4v) is 3.95. The number of ether oxygens (including phenoxy) is 2. The molecule has 0 fully saturated rings. The standard InChI is InChI=1S/C28H31NO3/c30-27(19-29-17-16-25-10-6-7-11-26(25)18-29)22-31-20-24-12-14-28(15-13-24)32-21-23-8-4-2-1-3-5-9-23/h1-2,4-7,9-15,27,30H,3,16-22H2/b2-1-,9-5-. The molecule has 0 bridgehead atoms. The van der Waals surface area contributed by atoms with Gasteiger partial charge in [-0.3, -0.25) is 4.90 Å². The average molecular weight is 430 g/mol. The van der Waals surface area contributed by atoms with Gasteiger partial charge < -0.3 is 14.6 Å². The quantitative estimate of drug-likeness (QED) is 0.592. The molecule has 0 saturated heterocycles. The van der Waals surface area contributed by atoms with E-state index < -0.39 is 6.10 Å². The first-order chi connectivity index (χ1) is 15.8. The van der Waals surface area contributed by atoms with Crippen molar-refractivity contribution in [1.29, 1.82) is 0 Å². The first-order valence-electron chi connectivity index (χ1n) is 11.3. The van der Waals surface area contributed by atoms with Crippen LogP contribution in [0.5, 0.6) is 5.75 Å². The van der Waals surface area contributed by atoms with E-state index in [4.69, 9.17) is 9.47 Å². The number of fused-ring (bicyclic) bond motifs is 1. The monoisotopic (exact) mass is 429 g/mol. The number of aliphatic hydroxyl groups is 1. The Hall–Kier alpha value is -2.88. The topological polar surface area (TPSA) is 41.9 Å². The summed E-state index contributed by atoms with van der Waals surface area (Å²) in [5, 5.41) is 10.4. The van der Waals surface area contributed by atoms with Crippen molar-refractivity contribution in [3.8, 4) is 5.75 Å². The van der Waals surface area contributed by atoms with Gasteiger partial charge in [0.05, 0.1) is 19.3 Å². The number of β-amino-alcohol motifs (C(OH)–C–C–N with tert-alkyl or cyclic N) is 1. The molecular formula is C28H31NO3. The normalized spacial score (nSPS) is 18.7. The maximum absolute atomic E-state index is 10.4. The predicted octanol–water partition coefficient (Wildman–Crippen LogP) is 4.60. The highest BCUT2D eigenvalue weighted by molar-refractivity contribution is 5.30. The van der Waals surface area contributed by atoms with E-state index >= 15 is 0 Å². The number of hydrogen-bond acceptors (Lipinski definition) is 4. The van der Waals surface area contributed by atoms with E-state index in [1.165, 1.54) is 11.1 Å². The Morgan fingerprint density at radius 3 is 2.72 bits per heavy atom. The zero-order valence-corrected chi connectivity index (χ0v) is 18.5. The second-order valence-corrected chi connectivity index (χ2v) is 8.26. The Morgan fingerprint density at radius 2 is 1.84 bits per heavy atom. The first kappa shape index (κ1) is 22.3. The Labute approximate surface area is 190 Å². The molecule has 4 nitrogen and oxygen atoms in total. The highest BCUT2D eigenvalue weighted by Crippen LogP contribution is 2.19. The second kappa shape index (κ2) is 11.7. The molecule has 4 rings (SSSR count). The molecule has 1 N–H and O–H groups in total. The van der Waals surface area contributed by atoms with Gasteiger partial charge >= 0.3 is 0 Å². The van der Waals surface area contributed by atoms with Gasteiger partial charge in [0.1, 0.15) is 12.4 Å². The van der Waals surface area contributed by atoms with Gasteiger partial charge in [-0.1, -0.05) is 60.7 Å². The molecule has 1 heterocycles. The minimum atomic E-state index is -0.490. The summed E-state index contributed by atoms with van der Waals surface area (Å²) in [6.07, 6.45) is 11.6. The number of hydrogen-bond donors (Lipinski definition) is 1. The lowest BCUT2D eigenvalue weighted by Crippen LogP contribution is -2.38. The van der Waals surface area contributed by atoms with Gasteiger partial charge in [-0.25, -0.2) is 0 Å². The maximum atomic E-state index is 10.4. The van der Waals surface area contributed by atoms with E-state index in [-0.39, 0.29) is 0 Å². The molecular weight excluding hydrogens is 398 g/mol. The third-order valence-corrected chi connectivity index (χ3v) is 5.67. The SMILES string of the molecule is OC(COCc1ccc(OCC2=C=C/C=C\C/C=C\2)cc1)CN1CCc2ccccc2C1. The number of aliphatic hydroxyl groups excluding tert-OH is 1. The lowest BCUT2D eigenvalue weighted by Gasteiger charge is -2.30. The molecule has 2 aromatic carbocycles. The number of nitrogens with zero attached hydrogens (tertiary/aromatic N) is 1. The van der Waals surface area contributed by atoms with E-state index in [9.17, 15) is 5.11 Å². The van der Waals surface area contributed by atoms with Crippen molar-refractivity contribution in [2.75, 3.05) is 26.3 Å². The van der Waals surface area contributed by atoms with Crippen LogP contribution < -0.4 is 4.74 Å². The van der Waals surface area contributed by atoms with Crippen LogP contribution in [-0.4, -0.2) is 42.4 Å². The van der Waals surface area contributed by atoms with Gasteiger partial charge in [0.2, 0.25) is 0 Å². The van der Waals surface area contributed by atoms with Gasteiger partial charge in [-0.05, 0) is 47.7 Å². The molecule has 0 saturated carbocycles. The van der Waals surface area contributed by atoms with Gasteiger partial charge in [0, 0.05) is 25.2 Å². The highest BCUT2D eigenvalue weighted by atomic mass is 16.5. The summed E-state index contributed by atoms with van der Waals surface area (Å²) in [5.41, 5.74) is 8.09. The van der Waals surface area contributed by atoms with E-state index in [0.29, 0.717) is 26.4 Å². The van der Waals surface area contributed by atoms with Crippen molar-refractivity contribution in [1.82, 2.24) is 4.90 Å². The Morgan fingerprint density at radius 1 is 1.00 bits per heavy atom. The van der Waals surface area contributed by atoms with Crippen molar-refractivity contribution in [3.05, 3.63) is 107 Å². The number of allylic oxidation sites excluding steroid dienone is 3. The van der Waals surface area contributed by atoms with Crippen LogP contribution in [0.4, 0.5) is 0 Å².